The van der Waals surface area contributed by atoms with E-state index in [2.05, 4.69) is 31.0 Å². The van der Waals surface area contributed by atoms with E-state index < -0.39 is 15.1 Å². The number of amides is 1. The first kappa shape index (κ1) is 19.5. The SMILES string of the molecule is Cc1cc2sc(=NC(=O)c3ccc(S(=O)(=O)C(C)C)cc3)n(C)c2cc1C. The van der Waals surface area contributed by atoms with Crippen molar-refractivity contribution < 1.29 is 13.2 Å². The molecule has 1 aromatic heterocycles. The molecule has 0 spiro atoms. The van der Waals surface area contributed by atoms with Gasteiger partial charge in [-0.25, -0.2) is 8.42 Å². The molecule has 0 saturated heterocycles. The third kappa shape index (κ3) is 3.61. The molecule has 5 nitrogen and oxygen atoms in total. The summed E-state index contributed by atoms with van der Waals surface area (Å²) in [5.41, 5.74) is 3.79. The van der Waals surface area contributed by atoms with Crippen molar-refractivity contribution in [2.24, 2.45) is 12.0 Å². The topological polar surface area (TPSA) is 68.5 Å². The molecule has 1 amide bonds. The summed E-state index contributed by atoms with van der Waals surface area (Å²) in [6.45, 7) is 7.38. The summed E-state index contributed by atoms with van der Waals surface area (Å²) in [7, 11) is -1.47. The Labute approximate surface area is 162 Å². The lowest BCUT2D eigenvalue weighted by atomic mass is 10.1. The molecule has 1 heterocycles. The zero-order valence-corrected chi connectivity index (χ0v) is 17.6. The van der Waals surface area contributed by atoms with E-state index in [9.17, 15) is 13.2 Å². The molecular formula is C20H22N2O3S2. The maximum Gasteiger partial charge on any atom is 0.279 e. The number of benzene rings is 2. The van der Waals surface area contributed by atoms with E-state index in [1.807, 2.05) is 11.6 Å². The molecule has 2 aromatic carbocycles. The second-order valence-electron chi connectivity index (χ2n) is 6.88. The van der Waals surface area contributed by atoms with Gasteiger partial charge >= 0.3 is 0 Å². The normalized spacial score (nSPS) is 12.9. The number of hydrogen-bond donors (Lipinski definition) is 0. The predicted octanol–water partition coefficient (Wildman–Crippen LogP) is 3.78. The van der Waals surface area contributed by atoms with E-state index in [0.29, 0.717) is 10.4 Å². The maximum atomic E-state index is 12.5. The number of fused-ring (bicyclic) bond motifs is 1. The van der Waals surface area contributed by atoms with Crippen molar-refractivity contribution in [3.8, 4) is 0 Å². The third-order valence-corrected chi connectivity index (χ3v) is 7.94. The van der Waals surface area contributed by atoms with Gasteiger partial charge in [0.2, 0.25) is 0 Å². The predicted molar refractivity (Wildman–Crippen MR) is 109 cm³/mol. The van der Waals surface area contributed by atoms with Gasteiger partial charge < -0.3 is 4.57 Å². The van der Waals surface area contributed by atoms with E-state index in [4.69, 9.17) is 0 Å². The van der Waals surface area contributed by atoms with Crippen molar-refractivity contribution in [1.29, 1.82) is 0 Å². The highest BCUT2D eigenvalue weighted by Gasteiger charge is 2.19. The Balaban J connectivity index is 2.00. The van der Waals surface area contributed by atoms with E-state index in [0.717, 1.165) is 10.2 Å². The summed E-state index contributed by atoms with van der Waals surface area (Å²) >= 11 is 1.46. The second-order valence-corrected chi connectivity index (χ2v) is 10.4. The van der Waals surface area contributed by atoms with Gasteiger partial charge in [-0.15, -0.1) is 0 Å². The van der Waals surface area contributed by atoms with E-state index in [1.165, 1.54) is 46.7 Å². The molecule has 0 aliphatic heterocycles. The van der Waals surface area contributed by atoms with Crippen molar-refractivity contribution in [2.75, 3.05) is 0 Å². The molecule has 27 heavy (non-hydrogen) atoms. The monoisotopic (exact) mass is 402 g/mol. The van der Waals surface area contributed by atoms with Crippen LogP contribution in [0.25, 0.3) is 10.2 Å². The first-order chi connectivity index (χ1) is 12.6. The Bertz CT molecular complexity index is 1200. The first-order valence-electron chi connectivity index (χ1n) is 8.61. The summed E-state index contributed by atoms with van der Waals surface area (Å²) in [6, 6.07) is 10.2. The van der Waals surface area contributed by atoms with Crippen LogP contribution in [-0.4, -0.2) is 24.1 Å². The summed E-state index contributed by atoms with van der Waals surface area (Å²) in [5.74, 6) is -0.390. The number of sulfone groups is 1. The van der Waals surface area contributed by atoms with Crippen molar-refractivity contribution in [3.05, 3.63) is 57.9 Å². The molecule has 0 fully saturated rings. The number of rotatable bonds is 3. The molecule has 0 saturated carbocycles. The lowest BCUT2D eigenvalue weighted by molar-refractivity contribution is 0.0998. The van der Waals surface area contributed by atoms with Gasteiger partial charge in [-0.1, -0.05) is 11.3 Å². The summed E-state index contributed by atoms with van der Waals surface area (Å²) < 4.78 is 27.4. The fourth-order valence-electron chi connectivity index (χ4n) is 2.70. The number of thiazole rings is 1. The number of aryl methyl sites for hydroxylation is 3. The van der Waals surface area contributed by atoms with Crippen LogP contribution < -0.4 is 4.80 Å². The molecular weight excluding hydrogens is 380 g/mol. The third-order valence-electron chi connectivity index (χ3n) is 4.67. The number of nitrogens with zero attached hydrogens (tertiary/aromatic N) is 2. The lowest BCUT2D eigenvalue weighted by Gasteiger charge is -2.07. The smallest absolute Gasteiger partial charge is 0.279 e. The minimum absolute atomic E-state index is 0.215. The number of carbonyl (C=O) groups is 1. The van der Waals surface area contributed by atoms with Crippen LogP contribution in [0.2, 0.25) is 0 Å². The quantitative estimate of drug-likeness (QED) is 0.669. The molecule has 3 aromatic rings. The molecule has 0 bridgehead atoms. The zero-order valence-electron chi connectivity index (χ0n) is 16.0. The Kier molecular flexibility index (Phi) is 5.10. The van der Waals surface area contributed by atoms with Crippen LogP contribution in [0, 0.1) is 13.8 Å². The zero-order chi connectivity index (χ0) is 19.9. The highest BCUT2D eigenvalue weighted by molar-refractivity contribution is 7.92. The second kappa shape index (κ2) is 7.05. The van der Waals surface area contributed by atoms with Gasteiger partial charge in [0.25, 0.3) is 5.91 Å². The average molecular weight is 403 g/mol. The van der Waals surface area contributed by atoms with Gasteiger partial charge in [0, 0.05) is 12.6 Å². The number of carbonyl (C=O) groups excluding carboxylic acids is 1. The van der Waals surface area contributed by atoms with Crippen LogP contribution in [0.3, 0.4) is 0 Å². The maximum absolute atomic E-state index is 12.5. The van der Waals surface area contributed by atoms with Gasteiger partial charge in [-0.3, -0.25) is 4.79 Å². The molecule has 142 valence electrons. The molecule has 0 radical (unpaired) electrons. The van der Waals surface area contributed by atoms with Crippen LogP contribution in [-0.2, 0) is 16.9 Å². The molecule has 0 N–H and O–H groups in total. The molecule has 0 aliphatic rings. The average Bonchev–Trinajstić information content (AvgIpc) is 2.90. The molecule has 7 heteroatoms. The summed E-state index contributed by atoms with van der Waals surface area (Å²) in [4.78, 5) is 17.6. The Hall–Kier alpha value is -2.25. The standard InChI is InChI=1S/C20H22N2O3S2/c1-12(2)27(24,25)16-8-6-15(7-9-16)19(23)21-20-22(5)17-10-13(3)14(4)11-18(17)26-20/h6-12H,1-5H3. The van der Waals surface area contributed by atoms with Gasteiger partial charge in [0.1, 0.15) is 0 Å². The minimum atomic E-state index is -3.35. The molecule has 0 atom stereocenters. The highest BCUT2D eigenvalue weighted by atomic mass is 32.2. The van der Waals surface area contributed by atoms with Crippen LogP contribution >= 0.6 is 11.3 Å². The van der Waals surface area contributed by atoms with E-state index >= 15 is 0 Å². The first-order valence-corrected chi connectivity index (χ1v) is 11.0. The number of hydrogen-bond acceptors (Lipinski definition) is 4. The fourth-order valence-corrected chi connectivity index (χ4v) is 4.85. The summed E-state index contributed by atoms with van der Waals surface area (Å²) in [6.07, 6.45) is 0. The molecule has 0 aliphatic carbocycles. The van der Waals surface area contributed by atoms with Crippen molar-refractivity contribution in [3.63, 3.8) is 0 Å². The van der Waals surface area contributed by atoms with E-state index in [1.54, 1.807) is 13.8 Å². The van der Waals surface area contributed by atoms with Gasteiger partial charge in [0.15, 0.2) is 14.6 Å². The Morgan fingerprint density at radius 1 is 1.07 bits per heavy atom. The van der Waals surface area contributed by atoms with Crippen molar-refractivity contribution >= 4 is 37.3 Å². The van der Waals surface area contributed by atoms with Crippen LogP contribution in [0.4, 0.5) is 0 Å². The lowest BCUT2D eigenvalue weighted by Crippen LogP contribution is -2.15. The number of aromatic nitrogens is 1. The van der Waals surface area contributed by atoms with Gasteiger partial charge in [-0.05, 0) is 75.2 Å². The van der Waals surface area contributed by atoms with Crippen molar-refractivity contribution in [2.45, 2.75) is 37.8 Å². The van der Waals surface area contributed by atoms with Gasteiger partial charge in [0.05, 0.1) is 20.4 Å². The molecule has 0 unspecified atom stereocenters. The Morgan fingerprint density at radius 3 is 2.26 bits per heavy atom. The Morgan fingerprint density at radius 2 is 1.67 bits per heavy atom. The van der Waals surface area contributed by atoms with Crippen LogP contribution in [0.5, 0.6) is 0 Å². The van der Waals surface area contributed by atoms with Gasteiger partial charge in [-0.2, -0.15) is 4.99 Å². The fraction of sp³-hybridized carbons (Fsp3) is 0.300. The van der Waals surface area contributed by atoms with Crippen molar-refractivity contribution in [1.82, 2.24) is 4.57 Å². The van der Waals surface area contributed by atoms with Crippen LogP contribution in [0.15, 0.2) is 46.3 Å². The van der Waals surface area contributed by atoms with Crippen LogP contribution in [0.1, 0.15) is 35.3 Å². The highest BCUT2D eigenvalue weighted by Crippen LogP contribution is 2.21. The largest absolute Gasteiger partial charge is 0.319 e. The summed E-state index contributed by atoms with van der Waals surface area (Å²) in [5, 5.41) is -0.506. The molecule has 3 rings (SSSR count). The van der Waals surface area contributed by atoms with E-state index in [-0.39, 0.29) is 10.8 Å². The minimum Gasteiger partial charge on any atom is -0.319 e.